The van der Waals surface area contributed by atoms with Crippen LogP contribution in [0.5, 0.6) is 0 Å². The SMILES string of the molecule is O=C(OC12CC3CC1OS(=O)(=O)C2C3)C(F)(F)S(=O)(=O)O. The van der Waals surface area contributed by atoms with E-state index in [9.17, 15) is 30.4 Å². The molecule has 3 fully saturated rings. The first-order chi connectivity index (χ1) is 9.40. The lowest BCUT2D eigenvalue weighted by molar-refractivity contribution is -0.181. The standard InChI is InChI=1S/C9H10F2O8S2/c10-9(11,21(15,16)17)7(12)18-8-3-4-1-5(8)19-20(13,14)6(8)2-4/h4-6H,1-3H2,(H,15,16,17). The molecule has 3 aliphatic rings. The maximum atomic E-state index is 13.3. The Labute approximate surface area is 118 Å². The number of hydrogen-bond acceptors (Lipinski definition) is 7. The van der Waals surface area contributed by atoms with Crippen LogP contribution < -0.4 is 0 Å². The van der Waals surface area contributed by atoms with Crippen LogP contribution in [-0.4, -0.2) is 49.6 Å². The molecule has 0 aromatic rings. The van der Waals surface area contributed by atoms with E-state index in [1.807, 2.05) is 0 Å². The van der Waals surface area contributed by atoms with Crippen molar-refractivity contribution in [3.8, 4) is 0 Å². The summed E-state index contributed by atoms with van der Waals surface area (Å²) in [6.07, 6.45) is -0.758. The zero-order valence-corrected chi connectivity index (χ0v) is 11.9. The van der Waals surface area contributed by atoms with Gasteiger partial charge >= 0.3 is 21.3 Å². The number of halogens is 2. The second kappa shape index (κ2) is 3.91. The number of esters is 1. The van der Waals surface area contributed by atoms with Crippen LogP contribution in [0.3, 0.4) is 0 Å². The molecule has 21 heavy (non-hydrogen) atoms. The zero-order valence-electron chi connectivity index (χ0n) is 10.2. The van der Waals surface area contributed by atoms with E-state index in [1.54, 1.807) is 0 Å². The van der Waals surface area contributed by atoms with E-state index in [0.29, 0.717) is 0 Å². The molecule has 8 nitrogen and oxygen atoms in total. The van der Waals surface area contributed by atoms with Crippen molar-refractivity contribution in [2.75, 3.05) is 0 Å². The highest BCUT2D eigenvalue weighted by molar-refractivity contribution is 7.88. The predicted octanol–water partition coefficient (Wildman–Crippen LogP) is -0.340. The first-order valence-electron chi connectivity index (χ1n) is 5.90. The molecule has 2 saturated carbocycles. The van der Waals surface area contributed by atoms with Crippen LogP contribution in [0.1, 0.15) is 19.3 Å². The summed E-state index contributed by atoms with van der Waals surface area (Å²) in [7, 11) is -10.1. The van der Waals surface area contributed by atoms with Crippen molar-refractivity contribution < 1.29 is 43.9 Å². The lowest BCUT2D eigenvalue weighted by Gasteiger charge is -2.30. The van der Waals surface area contributed by atoms with E-state index in [-0.39, 0.29) is 25.2 Å². The average molecular weight is 348 g/mol. The first-order valence-corrected chi connectivity index (χ1v) is 8.82. The Bertz CT molecular complexity index is 714. The lowest BCUT2D eigenvalue weighted by Crippen LogP contribution is -2.51. The molecule has 3 rings (SSSR count). The van der Waals surface area contributed by atoms with E-state index < -0.39 is 48.4 Å². The highest BCUT2D eigenvalue weighted by Crippen LogP contribution is 2.59. The van der Waals surface area contributed by atoms with E-state index in [1.165, 1.54) is 0 Å². The summed E-state index contributed by atoms with van der Waals surface area (Å²) >= 11 is 0. The van der Waals surface area contributed by atoms with Gasteiger partial charge in [-0.3, -0.25) is 8.74 Å². The molecule has 120 valence electrons. The van der Waals surface area contributed by atoms with Crippen molar-refractivity contribution >= 4 is 26.2 Å². The Morgan fingerprint density at radius 2 is 2.00 bits per heavy atom. The van der Waals surface area contributed by atoms with Crippen molar-refractivity contribution in [1.82, 2.24) is 0 Å². The largest absolute Gasteiger partial charge is 0.465 e. The summed E-state index contributed by atoms with van der Waals surface area (Å²) in [5.41, 5.74) is -1.80. The van der Waals surface area contributed by atoms with Crippen molar-refractivity contribution in [3.05, 3.63) is 0 Å². The van der Waals surface area contributed by atoms with E-state index in [2.05, 4.69) is 4.74 Å². The maximum absolute atomic E-state index is 13.3. The molecule has 1 aliphatic heterocycles. The second-order valence-corrected chi connectivity index (χ2v) is 8.65. The second-order valence-electron chi connectivity index (χ2n) is 5.44. The summed E-state index contributed by atoms with van der Waals surface area (Å²) in [6, 6.07) is 0. The molecule has 1 N–H and O–H groups in total. The van der Waals surface area contributed by atoms with Gasteiger partial charge in [0.05, 0.1) is 0 Å². The molecule has 4 atom stereocenters. The molecule has 0 amide bonds. The Balaban J connectivity index is 1.94. The number of carbonyl (C=O) groups excluding carboxylic acids is 1. The number of fused-ring (bicyclic) bond motifs is 1. The van der Waals surface area contributed by atoms with Gasteiger partial charge in [-0.25, -0.2) is 4.79 Å². The van der Waals surface area contributed by atoms with Crippen LogP contribution >= 0.6 is 0 Å². The van der Waals surface area contributed by atoms with Crippen LogP contribution in [0.2, 0.25) is 0 Å². The Morgan fingerprint density at radius 1 is 1.38 bits per heavy atom. The number of ether oxygens (including phenoxy) is 1. The number of alkyl halides is 2. The fraction of sp³-hybridized carbons (Fsp3) is 0.889. The third-order valence-electron chi connectivity index (χ3n) is 4.24. The van der Waals surface area contributed by atoms with E-state index in [0.717, 1.165) is 0 Å². The van der Waals surface area contributed by atoms with Crippen LogP contribution in [0.15, 0.2) is 0 Å². The Hall–Kier alpha value is -0.850. The summed E-state index contributed by atoms with van der Waals surface area (Å²) in [5, 5.41) is -6.44. The third-order valence-corrected chi connectivity index (χ3v) is 6.84. The van der Waals surface area contributed by atoms with E-state index >= 15 is 0 Å². The minimum atomic E-state index is -6.01. The van der Waals surface area contributed by atoms with Gasteiger partial charge in [0, 0.05) is 0 Å². The molecule has 0 aromatic carbocycles. The molecule has 2 bridgehead atoms. The van der Waals surface area contributed by atoms with Gasteiger partial charge in [0.15, 0.2) is 5.60 Å². The lowest BCUT2D eigenvalue weighted by atomic mass is 9.93. The monoisotopic (exact) mass is 348 g/mol. The van der Waals surface area contributed by atoms with Gasteiger partial charge < -0.3 is 4.74 Å². The van der Waals surface area contributed by atoms with Crippen molar-refractivity contribution in [3.63, 3.8) is 0 Å². The Morgan fingerprint density at radius 3 is 2.52 bits per heavy atom. The summed E-state index contributed by atoms with van der Waals surface area (Å²) in [4.78, 5) is 11.4. The molecule has 4 unspecified atom stereocenters. The average Bonchev–Trinajstić information content (AvgIpc) is 2.82. The quantitative estimate of drug-likeness (QED) is 0.417. The smallest absolute Gasteiger partial charge is 0.449 e. The topological polar surface area (TPSA) is 124 Å². The molecule has 1 heterocycles. The minimum Gasteiger partial charge on any atom is -0.449 e. The molecular weight excluding hydrogens is 338 g/mol. The van der Waals surface area contributed by atoms with Crippen LogP contribution in [0, 0.1) is 5.92 Å². The number of rotatable bonds is 3. The summed E-state index contributed by atoms with van der Waals surface area (Å²) in [5.74, 6) is -2.66. The van der Waals surface area contributed by atoms with Gasteiger partial charge in [0.1, 0.15) is 11.4 Å². The minimum absolute atomic E-state index is 0.00879. The first kappa shape index (κ1) is 15.1. The molecule has 1 saturated heterocycles. The maximum Gasteiger partial charge on any atom is 0.465 e. The summed E-state index contributed by atoms with van der Waals surface area (Å²) in [6.45, 7) is 0. The van der Waals surface area contributed by atoms with Crippen LogP contribution in [0.25, 0.3) is 0 Å². The zero-order chi connectivity index (χ0) is 15.8. The normalized spacial score (nSPS) is 40.4. The van der Waals surface area contributed by atoms with Crippen LogP contribution in [-0.2, 0) is 34.0 Å². The van der Waals surface area contributed by atoms with Gasteiger partial charge in [-0.15, -0.1) is 0 Å². The molecule has 2 aliphatic carbocycles. The van der Waals surface area contributed by atoms with Gasteiger partial charge in [-0.2, -0.15) is 25.6 Å². The van der Waals surface area contributed by atoms with E-state index in [4.69, 9.17) is 8.74 Å². The third kappa shape index (κ3) is 1.85. The molecular formula is C9H10F2O8S2. The molecule has 0 spiro atoms. The Kier molecular flexibility index (Phi) is 2.81. The number of carbonyl (C=O) groups is 1. The molecule has 0 aromatic heterocycles. The van der Waals surface area contributed by atoms with Gasteiger partial charge in [-0.05, 0) is 25.2 Å². The summed E-state index contributed by atoms with van der Waals surface area (Å²) < 4.78 is 88.8. The fourth-order valence-corrected chi connectivity index (χ4v) is 5.66. The highest BCUT2D eigenvalue weighted by atomic mass is 32.2. The van der Waals surface area contributed by atoms with Gasteiger partial charge in [0.2, 0.25) is 0 Å². The molecule has 12 heteroatoms. The van der Waals surface area contributed by atoms with Gasteiger partial charge in [0.25, 0.3) is 10.1 Å². The molecule has 0 radical (unpaired) electrons. The van der Waals surface area contributed by atoms with Crippen molar-refractivity contribution in [2.45, 2.75) is 41.5 Å². The van der Waals surface area contributed by atoms with Gasteiger partial charge in [-0.1, -0.05) is 0 Å². The van der Waals surface area contributed by atoms with Crippen LogP contribution in [0.4, 0.5) is 8.78 Å². The number of hydrogen-bond donors (Lipinski definition) is 1. The van der Waals surface area contributed by atoms with Crippen molar-refractivity contribution in [2.24, 2.45) is 5.92 Å². The highest BCUT2D eigenvalue weighted by Gasteiger charge is 2.73. The predicted molar refractivity (Wildman–Crippen MR) is 60.2 cm³/mol. The van der Waals surface area contributed by atoms with Crippen molar-refractivity contribution in [1.29, 1.82) is 0 Å². The fourth-order valence-electron chi connectivity index (χ4n) is 3.41.